The van der Waals surface area contributed by atoms with Gasteiger partial charge in [0, 0.05) is 24.2 Å². The summed E-state index contributed by atoms with van der Waals surface area (Å²) >= 11 is 5.83. The fourth-order valence-electron chi connectivity index (χ4n) is 1.67. The Morgan fingerprint density at radius 3 is 2.53 bits per heavy atom. The second kappa shape index (κ2) is 8.51. The summed E-state index contributed by atoms with van der Waals surface area (Å²) in [6.45, 7) is 3.81. The minimum absolute atomic E-state index is 0.147. The fraction of sp³-hybridized carbons (Fsp3) is 0.571. The van der Waals surface area contributed by atoms with Crippen molar-refractivity contribution in [3.8, 4) is 0 Å². The molecule has 0 amide bonds. The molecule has 0 bridgehead atoms. The predicted molar refractivity (Wildman–Crippen MR) is 71.6 cm³/mol. The van der Waals surface area contributed by atoms with Crippen molar-refractivity contribution in [3.05, 3.63) is 34.9 Å². The summed E-state index contributed by atoms with van der Waals surface area (Å²) in [5.74, 6) is 0.147. The first-order valence-corrected chi connectivity index (χ1v) is 6.59. The van der Waals surface area contributed by atoms with E-state index in [0.29, 0.717) is 6.61 Å². The third kappa shape index (κ3) is 5.53. The highest BCUT2D eigenvalue weighted by Crippen LogP contribution is 2.21. The van der Waals surface area contributed by atoms with Crippen LogP contribution in [0, 0.1) is 0 Å². The van der Waals surface area contributed by atoms with Crippen molar-refractivity contribution in [2.24, 2.45) is 0 Å². The number of hydrogen-bond donors (Lipinski definition) is 1. The topological polar surface area (TPSA) is 29.5 Å². The third-order valence-corrected chi connectivity index (χ3v) is 3.07. The summed E-state index contributed by atoms with van der Waals surface area (Å²) in [4.78, 5) is 0. The van der Waals surface area contributed by atoms with E-state index in [1.807, 2.05) is 24.3 Å². The second-order valence-electron chi connectivity index (χ2n) is 4.19. The Labute approximate surface area is 109 Å². The number of aliphatic hydroxyl groups excluding tert-OH is 1. The highest BCUT2D eigenvalue weighted by atomic mass is 35.5. The van der Waals surface area contributed by atoms with Gasteiger partial charge in [-0.2, -0.15) is 0 Å². The lowest BCUT2D eigenvalue weighted by molar-refractivity contribution is 0.116. The zero-order valence-electron chi connectivity index (χ0n) is 10.4. The lowest BCUT2D eigenvalue weighted by Crippen LogP contribution is -2.08. The fourth-order valence-corrected chi connectivity index (χ4v) is 1.80. The molecule has 17 heavy (non-hydrogen) atoms. The van der Waals surface area contributed by atoms with E-state index >= 15 is 0 Å². The number of benzene rings is 1. The van der Waals surface area contributed by atoms with Gasteiger partial charge in [-0.15, -0.1) is 0 Å². The summed E-state index contributed by atoms with van der Waals surface area (Å²) in [6, 6.07) is 7.65. The van der Waals surface area contributed by atoms with Crippen molar-refractivity contribution < 1.29 is 9.84 Å². The first-order valence-electron chi connectivity index (χ1n) is 6.22. The molecule has 96 valence electrons. The summed E-state index contributed by atoms with van der Waals surface area (Å²) in [6.07, 6.45) is 3.10. The number of hydrogen-bond acceptors (Lipinski definition) is 2. The Morgan fingerprint density at radius 1 is 1.24 bits per heavy atom. The van der Waals surface area contributed by atoms with Crippen LogP contribution < -0.4 is 0 Å². The van der Waals surface area contributed by atoms with Crippen LogP contribution in [0.2, 0.25) is 5.02 Å². The van der Waals surface area contributed by atoms with Crippen LogP contribution >= 0.6 is 11.6 Å². The molecule has 0 saturated carbocycles. The first-order chi connectivity index (χ1) is 8.27. The van der Waals surface area contributed by atoms with E-state index in [-0.39, 0.29) is 12.5 Å². The quantitative estimate of drug-likeness (QED) is 0.720. The molecule has 1 N–H and O–H groups in total. The molecule has 1 aromatic rings. The zero-order chi connectivity index (χ0) is 12.5. The van der Waals surface area contributed by atoms with E-state index in [0.717, 1.165) is 36.5 Å². The molecule has 0 aliphatic carbocycles. The number of ether oxygens (including phenoxy) is 1. The van der Waals surface area contributed by atoms with E-state index < -0.39 is 0 Å². The minimum atomic E-state index is 0.147. The number of rotatable bonds is 8. The SMILES string of the molecule is CCCCOCCC(CO)c1ccc(Cl)cc1. The Hall–Kier alpha value is -0.570. The highest BCUT2D eigenvalue weighted by molar-refractivity contribution is 6.30. The van der Waals surface area contributed by atoms with Crippen LogP contribution in [0.15, 0.2) is 24.3 Å². The van der Waals surface area contributed by atoms with Crippen LogP contribution in [0.4, 0.5) is 0 Å². The standard InChI is InChI=1S/C14H21ClO2/c1-2-3-9-17-10-8-13(11-16)12-4-6-14(15)7-5-12/h4-7,13,16H,2-3,8-11H2,1H3. The van der Waals surface area contributed by atoms with Crippen LogP contribution in [0.5, 0.6) is 0 Å². The van der Waals surface area contributed by atoms with E-state index in [2.05, 4.69) is 6.92 Å². The van der Waals surface area contributed by atoms with Crippen LogP contribution in [0.25, 0.3) is 0 Å². The molecular formula is C14H21ClO2. The lowest BCUT2D eigenvalue weighted by Gasteiger charge is -2.14. The lowest BCUT2D eigenvalue weighted by atomic mass is 9.97. The molecule has 3 heteroatoms. The third-order valence-electron chi connectivity index (χ3n) is 2.81. The monoisotopic (exact) mass is 256 g/mol. The van der Waals surface area contributed by atoms with Crippen molar-refractivity contribution in [1.82, 2.24) is 0 Å². The van der Waals surface area contributed by atoms with E-state index in [4.69, 9.17) is 16.3 Å². The number of aliphatic hydroxyl groups is 1. The van der Waals surface area contributed by atoms with Crippen LogP contribution in [0.3, 0.4) is 0 Å². The van der Waals surface area contributed by atoms with Crippen molar-refractivity contribution >= 4 is 11.6 Å². The molecule has 0 saturated heterocycles. The van der Waals surface area contributed by atoms with Gasteiger partial charge in [0.15, 0.2) is 0 Å². The maximum absolute atomic E-state index is 9.36. The zero-order valence-corrected chi connectivity index (χ0v) is 11.1. The number of unbranched alkanes of at least 4 members (excludes halogenated alkanes) is 1. The van der Waals surface area contributed by atoms with Gasteiger partial charge < -0.3 is 9.84 Å². The maximum Gasteiger partial charge on any atom is 0.0500 e. The molecule has 0 fully saturated rings. The van der Waals surface area contributed by atoms with Crippen molar-refractivity contribution in [2.75, 3.05) is 19.8 Å². The van der Waals surface area contributed by atoms with Gasteiger partial charge in [-0.3, -0.25) is 0 Å². The largest absolute Gasteiger partial charge is 0.396 e. The van der Waals surface area contributed by atoms with Gasteiger partial charge in [0.1, 0.15) is 0 Å². The average molecular weight is 257 g/mol. The Balaban J connectivity index is 2.35. The van der Waals surface area contributed by atoms with Crippen molar-refractivity contribution in [1.29, 1.82) is 0 Å². The van der Waals surface area contributed by atoms with Crippen LogP contribution in [-0.4, -0.2) is 24.9 Å². The van der Waals surface area contributed by atoms with Gasteiger partial charge in [-0.1, -0.05) is 37.1 Å². The van der Waals surface area contributed by atoms with Crippen molar-refractivity contribution in [3.63, 3.8) is 0 Å². The van der Waals surface area contributed by atoms with Gasteiger partial charge in [0.2, 0.25) is 0 Å². The molecule has 1 rings (SSSR count). The van der Waals surface area contributed by atoms with Gasteiger partial charge in [0.25, 0.3) is 0 Å². The molecule has 2 nitrogen and oxygen atoms in total. The van der Waals surface area contributed by atoms with Gasteiger partial charge in [-0.25, -0.2) is 0 Å². The molecule has 0 aromatic heterocycles. The summed E-state index contributed by atoms with van der Waals surface area (Å²) in [5, 5.41) is 10.1. The summed E-state index contributed by atoms with van der Waals surface area (Å²) in [7, 11) is 0. The van der Waals surface area contributed by atoms with Crippen LogP contribution in [-0.2, 0) is 4.74 Å². The molecule has 1 atom stereocenters. The first kappa shape index (κ1) is 14.5. The number of halogens is 1. The molecule has 0 radical (unpaired) electrons. The molecule has 0 aliphatic rings. The molecule has 0 spiro atoms. The van der Waals surface area contributed by atoms with Gasteiger partial charge >= 0.3 is 0 Å². The summed E-state index contributed by atoms with van der Waals surface area (Å²) < 4.78 is 5.51. The second-order valence-corrected chi connectivity index (χ2v) is 4.62. The van der Waals surface area contributed by atoms with Crippen molar-refractivity contribution in [2.45, 2.75) is 32.1 Å². The Morgan fingerprint density at radius 2 is 1.94 bits per heavy atom. The smallest absolute Gasteiger partial charge is 0.0500 e. The average Bonchev–Trinajstić information content (AvgIpc) is 2.35. The van der Waals surface area contributed by atoms with Gasteiger partial charge in [-0.05, 0) is 30.5 Å². The summed E-state index contributed by atoms with van der Waals surface area (Å²) in [5.41, 5.74) is 1.12. The normalized spacial score (nSPS) is 12.6. The molecule has 0 heterocycles. The van der Waals surface area contributed by atoms with E-state index in [9.17, 15) is 5.11 Å². The van der Waals surface area contributed by atoms with Gasteiger partial charge in [0.05, 0.1) is 6.61 Å². The predicted octanol–water partition coefficient (Wildman–Crippen LogP) is 3.62. The van der Waals surface area contributed by atoms with E-state index in [1.54, 1.807) is 0 Å². The molecule has 1 unspecified atom stereocenters. The van der Waals surface area contributed by atoms with Crippen LogP contribution in [0.1, 0.15) is 37.7 Å². The molecule has 1 aromatic carbocycles. The minimum Gasteiger partial charge on any atom is -0.396 e. The highest BCUT2D eigenvalue weighted by Gasteiger charge is 2.09. The van der Waals surface area contributed by atoms with E-state index in [1.165, 1.54) is 0 Å². The molecule has 0 aliphatic heterocycles. The Bertz CT molecular complexity index is 298. The maximum atomic E-state index is 9.36. The Kier molecular flexibility index (Phi) is 7.25. The molecular weight excluding hydrogens is 236 g/mol.